The van der Waals surface area contributed by atoms with E-state index in [1.807, 2.05) is 12.1 Å². The summed E-state index contributed by atoms with van der Waals surface area (Å²) in [6.07, 6.45) is 7.04. The van der Waals surface area contributed by atoms with Crippen molar-refractivity contribution >= 4 is 34.2 Å². The van der Waals surface area contributed by atoms with Gasteiger partial charge < -0.3 is 5.32 Å². The zero-order chi connectivity index (χ0) is 18.6. The number of carbonyl (C=O) groups is 1. The fourth-order valence-corrected chi connectivity index (χ4v) is 6.93. The Morgan fingerprint density at radius 2 is 1.59 bits per heavy atom. The molecule has 4 bridgehead atoms. The van der Waals surface area contributed by atoms with Crippen LogP contribution in [0.25, 0.3) is 0 Å². The van der Waals surface area contributed by atoms with E-state index in [0.29, 0.717) is 11.8 Å². The Hall–Kier alpha value is -1.36. The Bertz CT molecular complexity index is 856. The summed E-state index contributed by atoms with van der Waals surface area (Å²) >= 11 is 2.30. The summed E-state index contributed by atoms with van der Waals surface area (Å²) in [5.74, 6) is 1.67. The minimum atomic E-state index is -0.183. The fourth-order valence-electron chi connectivity index (χ4n) is 6.57. The van der Waals surface area contributed by atoms with Gasteiger partial charge in [-0.05, 0) is 115 Å². The van der Waals surface area contributed by atoms with Crippen molar-refractivity contribution in [3.05, 3.63) is 63.2 Å². The molecule has 2 nitrogen and oxygen atoms in total. The highest BCUT2D eigenvalue weighted by molar-refractivity contribution is 14.1. The average Bonchev–Trinajstić information content (AvgIpc) is 2.63. The zero-order valence-corrected chi connectivity index (χ0v) is 18.0. The summed E-state index contributed by atoms with van der Waals surface area (Å²) in [6.45, 7) is 2.15. The maximum atomic E-state index is 13.5. The molecule has 0 spiro atoms. The third-order valence-electron chi connectivity index (χ3n) is 7.31. The normalized spacial score (nSPS) is 33.9. The van der Waals surface area contributed by atoms with Crippen LogP contribution in [0.1, 0.15) is 49.7 Å². The topological polar surface area (TPSA) is 29.1 Å². The van der Waals surface area contributed by atoms with Crippen LogP contribution in [0.4, 0.5) is 5.69 Å². The highest BCUT2D eigenvalue weighted by Gasteiger charge is 2.60. The van der Waals surface area contributed by atoms with Crippen LogP contribution in [-0.4, -0.2) is 5.91 Å². The van der Waals surface area contributed by atoms with Gasteiger partial charge >= 0.3 is 0 Å². The molecule has 1 amide bonds. The third kappa shape index (κ3) is 3.02. The average molecular weight is 471 g/mol. The lowest BCUT2D eigenvalue weighted by molar-refractivity contribution is -0.143. The molecule has 0 saturated heterocycles. The number of hydrogen-bond acceptors (Lipinski definition) is 1. The molecule has 4 fully saturated rings. The number of aryl methyl sites for hydroxylation is 1. The van der Waals surface area contributed by atoms with Gasteiger partial charge in [-0.3, -0.25) is 4.79 Å². The van der Waals surface area contributed by atoms with Crippen molar-refractivity contribution in [2.45, 2.75) is 50.9 Å². The quantitative estimate of drug-likeness (QED) is 0.541. The molecule has 2 atom stereocenters. The lowest BCUT2D eigenvalue weighted by atomic mass is 9.42. The second kappa shape index (κ2) is 6.33. The predicted octanol–water partition coefficient (Wildman–Crippen LogP) is 6.08. The summed E-state index contributed by atoms with van der Waals surface area (Å²) in [5, 5.41) is 3.26. The van der Waals surface area contributed by atoms with Crippen molar-refractivity contribution in [3.63, 3.8) is 0 Å². The van der Waals surface area contributed by atoms with Gasteiger partial charge in [-0.15, -0.1) is 0 Å². The molecule has 140 valence electrons. The number of benzene rings is 2. The van der Waals surface area contributed by atoms with Gasteiger partial charge in [0.1, 0.15) is 0 Å². The lowest BCUT2D eigenvalue weighted by Gasteiger charge is -2.61. The molecule has 4 saturated carbocycles. The van der Waals surface area contributed by atoms with Crippen LogP contribution in [0.5, 0.6) is 0 Å². The van der Waals surface area contributed by atoms with Crippen molar-refractivity contribution in [1.82, 2.24) is 0 Å². The summed E-state index contributed by atoms with van der Waals surface area (Å²) in [7, 11) is 0. The molecular weight excluding hydrogens is 445 g/mol. The lowest BCUT2D eigenvalue weighted by Crippen LogP contribution is -2.57. The Morgan fingerprint density at radius 1 is 0.963 bits per heavy atom. The molecule has 0 radical (unpaired) electrons. The van der Waals surface area contributed by atoms with E-state index in [2.05, 4.69) is 71.2 Å². The first-order valence-electron chi connectivity index (χ1n) is 10.1. The SMILES string of the molecule is Cc1ccc(C23C[C@@H]4C[C@H](CC(C(=O)Nc5ccc(I)cc5)(C4)C2)C3)cc1. The predicted molar refractivity (Wildman–Crippen MR) is 118 cm³/mol. The molecule has 0 heterocycles. The Balaban J connectivity index is 1.46. The van der Waals surface area contributed by atoms with Crippen molar-refractivity contribution < 1.29 is 4.79 Å². The summed E-state index contributed by atoms with van der Waals surface area (Å²) in [6, 6.07) is 17.3. The summed E-state index contributed by atoms with van der Waals surface area (Å²) < 4.78 is 1.19. The molecular formula is C24H26INO. The maximum Gasteiger partial charge on any atom is 0.230 e. The van der Waals surface area contributed by atoms with Crippen molar-refractivity contribution in [3.8, 4) is 0 Å². The highest BCUT2D eigenvalue weighted by atomic mass is 127. The summed E-state index contributed by atoms with van der Waals surface area (Å²) in [4.78, 5) is 13.5. The van der Waals surface area contributed by atoms with Gasteiger partial charge in [-0.2, -0.15) is 0 Å². The van der Waals surface area contributed by atoms with Gasteiger partial charge in [0, 0.05) is 9.26 Å². The van der Waals surface area contributed by atoms with E-state index in [9.17, 15) is 4.79 Å². The van der Waals surface area contributed by atoms with Gasteiger partial charge in [0.2, 0.25) is 5.91 Å². The first-order chi connectivity index (χ1) is 13.0. The van der Waals surface area contributed by atoms with Crippen LogP contribution >= 0.6 is 22.6 Å². The standard InChI is InChI=1S/C24H26INO/c1-16-2-4-19(5-3-16)23-11-17-10-18(12-23)14-24(13-17,15-23)22(27)26-21-8-6-20(25)7-9-21/h2-9,17-18H,10-15H2,1H3,(H,26,27)/t17-,18-,23?,24?/m0/s1. The van der Waals surface area contributed by atoms with E-state index in [1.165, 1.54) is 34.0 Å². The number of carbonyl (C=O) groups excluding carboxylic acids is 1. The van der Waals surface area contributed by atoms with Gasteiger partial charge in [-0.25, -0.2) is 0 Å². The molecule has 3 heteroatoms. The van der Waals surface area contributed by atoms with E-state index < -0.39 is 0 Å². The molecule has 1 N–H and O–H groups in total. The van der Waals surface area contributed by atoms with Crippen LogP contribution < -0.4 is 5.32 Å². The van der Waals surface area contributed by atoms with Crippen LogP contribution in [0.2, 0.25) is 0 Å². The number of nitrogens with one attached hydrogen (secondary N) is 1. The first-order valence-corrected chi connectivity index (χ1v) is 11.2. The minimum Gasteiger partial charge on any atom is -0.326 e. The van der Waals surface area contributed by atoms with E-state index in [4.69, 9.17) is 0 Å². The zero-order valence-electron chi connectivity index (χ0n) is 15.8. The molecule has 4 aliphatic rings. The Morgan fingerprint density at radius 3 is 2.22 bits per heavy atom. The van der Waals surface area contributed by atoms with Crippen LogP contribution in [0, 0.1) is 27.7 Å². The van der Waals surface area contributed by atoms with Gasteiger partial charge in [0.25, 0.3) is 0 Å². The molecule has 2 aromatic rings. The van der Waals surface area contributed by atoms with Gasteiger partial charge in [-0.1, -0.05) is 29.8 Å². The Labute approximate surface area is 175 Å². The smallest absolute Gasteiger partial charge is 0.230 e. The third-order valence-corrected chi connectivity index (χ3v) is 8.03. The van der Waals surface area contributed by atoms with Crippen molar-refractivity contribution in [2.24, 2.45) is 17.3 Å². The summed E-state index contributed by atoms with van der Waals surface area (Å²) in [5.41, 5.74) is 3.74. The number of halogens is 1. The molecule has 6 rings (SSSR count). The second-order valence-corrected chi connectivity index (χ2v) is 10.6. The molecule has 0 unspecified atom stereocenters. The molecule has 0 aliphatic heterocycles. The largest absolute Gasteiger partial charge is 0.326 e. The van der Waals surface area contributed by atoms with Crippen LogP contribution in [-0.2, 0) is 10.2 Å². The fraction of sp³-hybridized carbons (Fsp3) is 0.458. The van der Waals surface area contributed by atoms with Crippen LogP contribution in [0.3, 0.4) is 0 Å². The molecule has 27 heavy (non-hydrogen) atoms. The number of amides is 1. The minimum absolute atomic E-state index is 0.183. The molecule has 2 aromatic carbocycles. The van der Waals surface area contributed by atoms with Gasteiger partial charge in [0.15, 0.2) is 0 Å². The van der Waals surface area contributed by atoms with E-state index in [1.54, 1.807) is 0 Å². The number of hydrogen-bond donors (Lipinski definition) is 1. The highest BCUT2D eigenvalue weighted by Crippen LogP contribution is 2.66. The van der Waals surface area contributed by atoms with Crippen molar-refractivity contribution in [2.75, 3.05) is 5.32 Å². The van der Waals surface area contributed by atoms with Crippen LogP contribution in [0.15, 0.2) is 48.5 Å². The maximum absolute atomic E-state index is 13.5. The second-order valence-electron chi connectivity index (χ2n) is 9.35. The molecule has 0 aromatic heterocycles. The first kappa shape index (κ1) is 17.7. The van der Waals surface area contributed by atoms with E-state index >= 15 is 0 Å². The monoisotopic (exact) mass is 471 g/mol. The number of rotatable bonds is 3. The molecule has 4 aliphatic carbocycles. The Kier molecular flexibility index (Phi) is 4.15. The van der Waals surface area contributed by atoms with Crippen molar-refractivity contribution in [1.29, 1.82) is 0 Å². The van der Waals surface area contributed by atoms with E-state index in [0.717, 1.165) is 24.9 Å². The van der Waals surface area contributed by atoms with E-state index in [-0.39, 0.29) is 16.7 Å². The van der Waals surface area contributed by atoms with Gasteiger partial charge in [0.05, 0.1) is 5.41 Å². The number of anilines is 1.